The van der Waals surface area contributed by atoms with Gasteiger partial charge in [0.15, 0.2) is 5.16 Å². The zero-order chi connectivity index (χ0) is 10.7. The van der Waals surface area contributed by atoms with Gasteiger partial charge in [0.05, 0.1) is 17.6 Å². The van der Waals surface area contributed by atoms with Crippen molar-refractivity contribution < 1.29 is 5.11 Å². The number of aromatic amines is 1. The molecule has 0 saturated heterocycles. The van der Waals surface area contributed by atoms with Gasteiger partial charge < -0.3 is 10.1 Å². The molecule has 80 valence electrons. The van der Waals surface area contributed by atoms with Crippen molar-refractivity contribution in [2.45, 2.75) is 18.5 Å². The number of hydrogen-bond donors (Lipinski definition) is 2. The van der Waals surface area contributed by atoms with Gasteiger partial charge in [0.2, 0.25) is 0 Å². The molecular weight excluding hydrogens is 208 g/mol. The Balaban J connectivity index is 2.29. The van der Waals surface area contributed by atoms with Crippen LogP contribution in [0.4, 0.5) is 0 Å². The minimum absolute atomic E-state index is 0.182. The standard InChI is InChI=1S/C11H14N2OS/c1-2-8-3-4-9-10(7-8)13-11(12-9)15-6-5-14/h3-4,7,14H,2,5-6H2,1H3,(H,12,13). The fourth-order valence-corrected chi connectivity index (χ4v) is 2.09. The number of aliphatic hydroxyl groups excluding tert-OH is 1. The molecule has 0 amide bonds. The predicted molar refractivity (Wildman–Crippen MR) is 63.3 cm³/mol. The van der Waals surface area contributed by atoms with E-state index in [0.29, 0.717) is 5.75 Å². The fraction of sp³-hybridized carbons (Fsp3) is 0.364. The van der Waals surface area contributed by atoms with Crippen molar-refractivity contribution in [3.63, 3.8) is 0 Å². The number of rotatable bonds is 4. The Kier molecular flexibility index (Phi) is 3.28. The summed E-state index contributed by atoms with van der Waals surface area (Å²) in [6.45, 7) is 2.32. The molecule has 0 aliphatic rings. The Morgan fingerprint density at radius 3 is 3.07 bits per heavy atom. The molecule has 0 bridgehead atoms. The smallest absolute Gasteiger partial charge is 0.166 e. The van der Waals surface area contributed by atoms with Crippen molar-refractivity contribution in [2.75, 3.05) is 12.4 Å². The third-order valence-electron chi connectivity index (χ3n) is 2.26. The van der Waals surface area contributed by atoms with Gasteiger partial charge in [-0.15, -0.1) is 0 Å². The molecule has 0 fully saturated rings. The van der Waals surface area contributed by atoms with Crippen molar-refractivity contribution in [1.29, 1.82) is 0 Å². The molecular formula is C11H14N2OS. The molecule has 4 heteroatoms. The molecule has 15 heavy (non-hydrogen) atoms. The first kappa shape index (κ1) is 10.5. The fourth-order valence-electron chi connectivity index (χ4n) is 1.46. The lowest BCUT2D eigenvalue weighted by molar-refractivity contribution is 0.322. The number of aryl methyl sites for hydroxylation is 1. The van der Waals surface area contributed by atoms with Gasteiger partial charge in [0, 0.05) is 5.75 Å². The quantitative estimate of drug-likeness (QED) is 0.780. The van der Waals surface area contributed by atoms with Crippen molar-refractivity contribution in [2.24, 2.45) is 0 Å². The van der Waals surface area contributed by atoms with E-state index in [2.05, 4.69) is 29.0 Å². The van der Waals surface area contributed by atoms with E-state index < -0.39 is 0 Å². The van der Waals surface area contributed by atoms with Crippen LogP contribution < -0.4 is 0 Å². The lowest BCUT2D eigenvalue weighted by Crippen LogP contribution is -1.85. The van der Waals surface area contributed by atoms with Crippen LogP contribution in [0.1, 0.15) is 12.5 Å². The minimum atomic E-state index is 0.182. The van der Waals surface area contributed by atoms with Crippen LogP contribution in [0.25, 0.3) is 11.0 Å². The molecule has 0 radical (unpaired) electrons. The van der Waals surface area contributed by atoms with E-state index in [0.717, 1.165) is 22.6 Å². The maximum atomic E-state index is 8.72. The summed E-state index contributed by atoms with van der Waals surface area (Å²) in [5, 5.41) is 9.60. The van der Waals surface area contributed by atoms with Gasteiger partial charge in [0.25, 0.3) is 0 Å². The molecule has 0 aliphatic carbocycles. The Bertz CT molecular complexity index is 453. The molecule has 3 nitrogen and oxygen atoms in total. The number of aliphatic hydroxyl groups is 1. The molecule has 2 N–H and O–H groups in total. The second-order valence-electron chi connectivity index (χ2n) is 3.32. The highest BCUT2D eigenvalue weighted by Crippen LogP contribution is 2.20. The van der Waals surface area contributed by atoms with Crippen LogP contribution in [0.5, 0.6) is 0 Å². The number of imidazole rings is 1. The molecule has 0 atom stereocenters. The average molecular weight is 222 g/mol. The van der Waals surface area contributed by atoms with E-state index >= 15 is 0 Å². The highest BCUT2D eigenvalue weighted by atomic mass is 32.2. The van der Waals surface area contributed by atoms with Crippen molar-refractivity contribution in [3.8, 4) is 0 Å². The molecule has 2 rings (SSSR count). The number of aromatic nitrogens is 2. The first-order valence-corrected chi connectivity index (χ1v) is 6.04. The molecule has 0 aliphatic heterocycles. The Morgan fingerprint density at radius 2 is 2.33 bits per heavy atom. The highest BCUT2D eigenvalue weighted by molar-refractivity contribution is 7.99. The van der Waals surface area contributed by atoms with E-state index in [1.807, 2.05) is 6.07 Å². The SMILES string of the molecule is CCc1ccc2nc(SCCO)[nH]c2c1. The van der Waals surface area contributed by atoms with Gasteiger partial charge in [0.1, 0.15) is 0 Å². The Morgan fingerprint density at radius 1 is 1.47 bits per heavy atom. The maximum absolute atomic E-state index is 8.72. The van der Waals surface area contributed by atoms with Crippen LogP contribution >= 0.6 is 11.8 Å². The lowest BCUT2D eigenvalue weighted by atomic mass is 10.1. The first-order chi connectivity index (χ1) is 7.33. The Hall–Kier alpha value is -1.00. The summed E-state index contributed by atoms with van der Waals surface area (Å²) in [6.07, 6.45) is 1.04. The van der Waals surface area contributed by atoms with Crippen molar-refractivity contribution >= 4 is 22.8 Å². The normalized spacial score (nSPS) is 11.1. The molecule has 0 spiro atoms. The minimum Gasteiger partial charge on any atom is -0.396 e. The van der Waals surface area contributed by atoms with Gasteiger partial charge in [-0.05, 0) is 24.1 Å². The second kappa shape index (κ2) is 4.68. The molecule has 2 aromatic rings. The van der Waals surface area contributed by atoms with Gasteiger partial charge >= 0.3 is 0 Å². The summed E-state index contributed by atoms with van der Waals surface area (Å²) in [7, 11) is 0. The monoisotopic (exact) mass is 222 g/mol. The van der Waals surface area contributed by atoms with Gasteiger partial charge in [-0.2, -0.15) is 0 Å². The summed E-state index contributed by atoms with van der Waals surface area (Å²) in [6, 6.07) is 6.27. The van der Waals surface area contributed by atoms with Crippen LogP contribution in [-0.2, 0) is 6.42 Å². The van der Waals surface area contributed by atoms with Crippen molar-refractivity contribution in [3.05, 3.63) is 23.8 Å². The number of thioether (sulfide) groups is 1. The summed E-state index contributed by atoms with van der Waals surface area (Å²) in [5.74, 6) is 0.681. The topological polar surface area (TPSA) is 48.9 Å². The summed E-state index contributed by atoms with van der Waals surface area (Å²) < 4.78 is 0. The average Bonchev–Trinajstić information content (AvgIpc) is 2.67. The van der Waals surface area contributed by atoms with Crippen LogP contribution in [0.2, 0.25) is 0 Å². The van der Waals surface area contributed by atoms with E-state index in [9.17, 15) is 0 Å². The molecule has 1 aromatic heterocycles. The third kappa shape index (κ3) is 2.33. The summed E-state index contributed by atoms with van der Waals surface area (Å²) >= 11 is 1.54. The van der Waals surface area contributed by atoms with Crippen LogP contribution in [0.15, 0.2) is 23.4 Å². The largest absolute Gasteiger partial charge is 0.396 e. The van der Waals surface area contributed by atoms with Gasteiger partial charge in [-0.25, -0.2) is 4.98 Å². The zero-order valence-electron chi connectivity index (χ0n) is 8.66. The lowest BCUT2D eigenvalue weighted by Gasteiger charge is -1.93. The number of nitrogens with one attached hydrogen (secondary N) is 1. The van der Waals surface area contributed by atoms with Gasteiger partial charge in [-0.3, -0.25) is 0 Å². The third-order valence-corrected chi connectivity index (χ3v) is 3.12. The zero-order valence-corrected chi connectivity index (χ0v) is 9.47. The number of fused-ring (bicyclic) bond motifs is 1. The number of nitrogens with zero attached hydrogens (tertiary/aromatic N) is 1. The molecule has 1 aromatic carbocycles. The van der Waals surface area contributed by atoms with E-state index in [4.69, 9.17) is 5.11 Å². The van der Waals surface area contributed by atoms with Crippen molar-refractivity contribution in [1.82, 2.24) is 9.97 Å². The number of H-pyrrole nitrogens is 1. The van der Waals surface area contributed by atoms with Crippen LogP contribution in [0.3, 0.4) is 0 Å². The second-order valence-corrected chi connectivity index (χ2v) is 4.40. The number of benzene rings is 1. The highest BCUT2D eigenvalue weighted by Gasteiger charge is 2.03. The molecule has 0 unspecified atom stereocenters. The van der Waals surface area contributed by atoms with E-state index in [-0.39, 0.29) is 6.61 Å². The van der Waals surface area contributed by atoms with Crippen LogP contribution in [0, 0.1) is 0 Å². The number of hydrogen-bond acceptors (Lipinski definition) is 3. The first-order valence-electron chi connectivity index (χ1n) is 5.05. The van der Waals surface area contributed by atoms with Gasteiger partial charge in [-0.1, -0.05) is 24.8 Å². The van der Waals surface area contributed by atoms with Crippen LogP contribution in [-0.4, -0.2) is 27.4 Å². The maximum Gasteiger partial charge on any atom is 0.166 e. The Labute approximate surface area is 92.9 Å². The molecule has 0 saturated carbocycles. The predicted octanol–water partition coefficient (Wildman–Crippen LogP) is 2.21. The van der Waals surface area contributed by atoms with E-state index in [1.165, 1.54) is 5.56 Å². The summed E-state index contributed by atoms with van der Waals surface area (Å²) in [4.78, 5) is 7.67. The summed E-state index contributed by atoms with van der Waals surface area (Å²) in [5.41, 5.74) is 3.38. The molecule has 1 heterocycles. The van der Waals surface area contributed by atoms with E-state index in [1.54, 1.807) is 11.8 Å².